The first-order chi connectivity index (χ1) is 16.3. The number of sulfonamides is 1. The van der Waals surface area contributed by atoms with Gasteiger partial charge in [-0.25, -0.2) is 13.1 Å². The topological polar surface area (TPSA) is 117 Å². The normalized spacial score (nSPS) is 12.8. The predicted molar refractivity (Wildman–Crippen MR) is 131 cm³/mol. The molecule has 1 amide bonds. The molecular formula is C25H27N3O5S. The molecular weight excluding hydrogens is 454 g/mol. The van der Waals surface area contributed by atoms with Crippen LogP contribution in [0.1, 0.15) is 33.5 Å². The molecule has 0 unspecified atom stereocenters. The number of ether oxygens (including phenoxy) is 1. The summed E-state index contributed by atoms with van der Waals surface area (Å²) in [5, 5.41) is 15.8. The van der Waals surface area contributed by atoms with E-state index in [0.29, 0.717) is 23.7 Å². The van der Waals surface area contributed by atoms with Crippen LogP contribution in [0.2, 0.25) is 0 Å². The maximum Gasteiger partial charge on any atom is 0.255 e. The van der Waals surface area contributed by atoms with Crippen LogP contribution in [0.15, 0.2) is 59.5 Å². The van der Waals surface area contributed by atoms with E-state index in [4.69, 9.17) is 4.74 Å². The van der Waals surface area contributed by atoms with Crippen LogP contribution in [-0.2, 0) is 29.4 Å². The summed E-state index contributed by atoms with van der Waals surface area (Å²) in [5.41, 5.74) is 4.69. The molecule has 0 aromatic heterocycles. The summed E-state index contributed by atoms with van der Waals surface area (Å²) in [6, 6.07) is 15.2. The highest BCUT2D eigenvalue weighted by atomic mass is 32.2. The predicted octanol–water partition coefficient (Wildman–Crippen LogP) is 3.66. The van der Waals surface area contributed by atoms with Crippen LogP contribution in [0.5, 0.6) is 11.5 Å². The maximum absolute atomic E-state index is 13.0. The van der Waals surface area contributed by atoms with Crippen molar-refractivity contribution < 1.29 is 23.1 Å². The number of methoxy groups -OCH3 is 1. The number of hydrogen-bond acceptors (Lipinski definition) is 6. The molecule has 3 aromatic rings. The molecule has 0 bridgehead atoms. The van der Waals surface area contributed by atoms with Crippen LogP contribution >= 0.6 is 0 Å². The smallest absolute Gasteiger partial charge is 0.255 e. The monoisotopic (exact) mass is 481 g/mol. The van der Waals surface area contributed by atoms with Crippen molar-refractivity contribution in [2.45, 2.75) is 30.7 Å². The molecule has 1 aliphatic carbocycles. The standard InChI is InChI=1S/C25H27N3O5S/c1-26-34(31,32)22-13-19(25(30)28-20-8-7-17-4-3-5-18(17)11-20)12-21(14-22)27-15-16-6-9-23(29)24(10-16)33-2/h6-14,26-27,29H,3-5,15H2,1-2H3,(H,28,30). The van der Waals surface area contributed by atoms with E-state index >= 15 is 0 Å². The first-order valence-corrected chi connectivity index (χ1v) is 12.4. The molecule has 0 atom stereocenters. The first kappa shape index (κ1) is 23.6. The largest absolute Gasteiger partial charge is 0.504 e. The molecule has 1 aliphatic rings. The van der Waals surface area contributed by atoms with Gasteiger partial charge in [-0.15, -0.1) is 0 Å². The summed E-state index contributed by atoms with van der Waals surface area (Å²) in [6.07, 6.45) is 3.15. The van der Waals surface area contributed by atoms with E-state index in [1.807, 2.05) is 18.2 Å². The molecule has 9 heteroatoms. The lowest BCUT2D eigenvalue weighted by atomic mass is 10.1. The second-order valence-corrected chi connectivity index (χ2v) is 9.99. The Balaban J connectivity index is 1.59. The quantitative estimate of drug-likeness (QED) is 0.390. The first-order valence-electron chi connectivity index (χ1n) is 10.9. The van der Waals surface area contributed by atoms with Gasteiger partial charge in [0.05, 0.1) is 12.0 Å². The Labute approximate surface area is 199 Å². The molecule has 178 valence electrons. The molecule has 34 heavy (non-hydrogen) atoms. The van der Waals surface area contributed by atoms with Gasteiger partial charge >= 0.3 is 0 Å². The highest BCUT2D eigenvalue weighted by Gasteiger charge is 2.18. The van der Waals surface area contributed by atoms with Crippen molar-refractivity contribution in [3.8, 4) is 11.5 Å². The maximum atomic E-state index is 13.0. The average molecular weight is 482 g/mol. The number of nitrogens with one attached hydrogen (secondary N) is 3. The van der Waals surface area contributed by atoms with Gasteiger partial charge in [0.1, 0.15) is 0 Å². The molecule has 0 spiro atoms. The number of fused-ring (bicyclic) bond motifs is 1. The highest BCUT2D eigenvalue weighted by Crippen LogP contribution is 2.28. The fourth-order valence-electron chi connectivity index (χ4n) is 3.99. The van der Waals surface area contributed by atoms with Crippen molar-refractivity contribution in [3.63, 3.8) is 0 Å². The third-order valence-corrected chi connectivity index (χ3v) is 7.24. The van der Waals surface area contributed by atoms with Crippen molar-refractivity contribution in [2.24, 2.45) is 0 Å². The van der Waals surface area contributed by atoms with Crippen molar-refractivity contribution in [1.82, 2.24) is 4.72 Å². The van der Waals surface area contributed by atoms with Gasteiger partial charge in [-0.1, -0.05) is 12.1 Å². The number of aryl methyl sites for hydroxylation is 2. The molecule has 0 fully saturated rings. The summed E-state index contributed by atoms with van der Waals surface area (Å²) in [6.45, 7) is 0.325. The van der Waals surface area contributed by atoms with Gasteiger partial charge in [-0.3, -0.25) is 4.79 Å². The Bertz CT molecular complexity index is 1340. The van der Waals surface area contributed by atoms with Crippen molar-refractivity contribution in [3.05, 3.63) is 76.9 Å². The zero-order chi connectivity index (χ0) is 24.3. The number of anilines is 2. The van der Waals surface area contributed by atoms with E-state index in [1.165, 1.54) is 43.5 Å². The Kier molecular flexibility index (Phi) is 6.76. The van der Waals surface area contributed by atoms with Gasteiger partial charge < -0.3 is 20.5 Å². The van der Waals surface area contributed by atoms with Gasteiger partial charge in [0, 0.05) is 23.5 Å². The number of amides is 1. The van der Waals surface area contributed by atoms with Crippen LogP contribution in [-0.4, -0.2) is 33.6 Å². The number of aromatic hydroxyl groups is 1. The summed E-state index contributed by atoms with van der Waals surface area (Å²) in [5.74, 6) is -0.0421. The number of phenolic OH excluding ortho intramolecular Hbond substituents is 1. The number of hydrogen-bond donors (Lipinski definition) is 4. The van der Waals surface area contributed by atoms with Crippen LogP contribution < -0.4 is 20.1 Å². The summed E-state index contributed by atoms with van der Waals surface area (Å²) < 4.78 is 32.4. The Morgan fingerprint density at radius 3 is 2.56 bits per heavy atom. The lowest BCUT2D eigenvalue weighted by Crippen LogP contribution is -2.20. The van der Waals surface area contributed by atoms with Crippen molar-refractivity contribution >= 4 is 27.3 Å². The van der Waals surface area contributed by atoms with Crippen molar-refractivity contribution in [1.29, 1.82) is 0 Å². The van der Waals surface area contributed by atoms with E-state index in [0.717, 1.165) is 24.8 Å². The number of carbonyl (C=O) groups excluding carboxylic acids is 1. The molecule has 8 nitrogen and oxygen atoms in total. The van der Waals surface area contributed by atoms with Gasteiger partial charge in [0.15, 0.2) is 11.5 Å². The minimum Gasteiger partial charge on any atom is -0.504 e. The fraction of sp³-hybridized carbons (Fsp3) is 0.240. The highest BCUT2D eigenvalue weighted by molar-refractivity contribution is 7.89. The third kappa shape index (κ3) is 5.16. The Hall–Kier alpha value is -3.56. The van der Waals surface area contributed by atoms with E-state index in [1.54, 1.807) is 18.2 Å². The van der Waals surface area contributed by atoms with Crippen LogP contribution in [0.4, 0.5) is 11.4 Å². The Morgan fingerprint density at radius 1 is 1.00 bits per heavy atom. The van der Waals surface area contributed by atoms with E-state index in [-0.39, 0.29) is 16.2 Å². The minimum atomic E-state index is -3.78. The number of carbonyl (C=O) groups is 1. The van der Waals surface area contributed by atoms with Crippen LogP contribution in [0.25, 0.3) is 0 Å². The van der Waals surface area contributed by atoms with E-state index in [2.05, 4.69) is 15.4 Å². The number of phenols is 1. The zero-order valence-corrected chi connectivity index (χ0v) is 19.8. The van der Waals surface area contributed by atoms with E-state index < -0.39 is 15.9 Å². The second-order valence-electron chi connectivity index (χ2n) is 8.10. The van der Waals surface area contributed by atoms with Crippen molar-refractivity contribution in [2.75, 3.05) is 24.8 Å². The molecule has 3 aromatic carbocycles. The second kappa shape index (κ2) is 9.74. The Morgan fingerprint density at radius 2 is 1.79 bits per heavy atom. The summed E-state index contributed by atoms with van der Waals surface area (Å²) >= 11 is 0. The average Bonchev–Trinajstić information content (AvgIpc) is 3.31. The summed E-state index contributed by atoms with van der Waals surface area (Å²) in [7, 11) is -0.995. The number of rotatable bonds is 8. The lowest BCUT2D eigenvalue weighted by molar-refractivity contribution is 0.102. The minimum absolute atomic E-state index is 0.0256. The van der Waals surface area contributed by atoms with Gasteiger partial charge in [-0.05, 0) is 85.5 Å². The van der Waals surface area contributed by atoms with Crippen LogP contribution in [0, 0.1) is 0 Å². The van der Waals surface area contributed by atoms with E-state index in [9.17, 15) is 18.3 Å². The molecule has 0 aliphatic heterocycles. The van der Waals surface area contributed by atoms with Gasteiger partial charge in [0.25, 0.3) is 5.91 Å². The molecule has 4 rings (SSSR count). The SMILES string of the molecule is CNS(=O)(=O)c1cc(NCc2ccc(O)c(OC)c2)cc(C(=O)Nc2ccc3c(c2)CCC3)c1. The molecule has 0 saturated carbocycles. The van der Waals surface area contributed by atoms with Crippen LogP contribution in [0.3, 0.4) is 0 Å². The molecule has 0 saturated heterocycles. The molecule has 0 radical (unpaired) electrons. The lowest BCUT2D eigenvalue weighted by Gasteiger charge is -2.13. The zero-order valence-electron chi connectivity index (χ0n) is 19.0. The van der Waals surface area contributed by atoms with Gasteiger partial charge in [-0.2, -0.15) is 0 Å². The molecule has 0 heterocycles. The molecule has 4 N–H and O–H groups in total. The third-order valence-electron chi connectivity index (χ3n) is 5.84. The summed E-state index contributed by atoms with van der Waals surface area (Å²) in [4.78, 5) is 13.0. The number of benzene rings is 3. The van der Waals surface area contributed by atoms with Gasteiger partial charge in [0.2, 0.25) is 10.0 Å². The fourth-order valence-corrected chi connectivity index (χ4v) is 4.79.